The molecule has 0 atom stereocenters. The second-order valence-corrected chi connectivity index (χ2v) is 6.85. The second kappa shape index (κ2) is 7.74. The van der Waals surface area contributed by atoms with Gasteiger partial charge in [-0.3, -0.25) is 14.7 Å². The number of carbonyl (C=O) groups is 1. The monoisotopic (exact) mass is 353 g/mol. The highest BCUT2D eigenvalue weighted by Crippen LogP contribution is 2.32. The molecule has 0 radical (unpaired) electrons. The van der Waals surface area contributed by atoms with Crippen molar-refractivity contribution in [2.45, 2.75) is 19.4 Å². The van der Waals surface area contributed by atoms with Crippen molar-refractivity contribution in [1.29, 1.82) is 0 Å². The first-order valence-corrected chi connectivity index (χ1v) is 9.07. The van der Waals surface area contributed by atoms with Crippen molar-refractivity contribution >= 4 is 5.91 Å². The van der Waals surface area contributed by atoms with Crippen molar-refractivity contribution in [2.24, 2.45) is 5.92 Å². The van der Waals surface area contributed by atoms with Crippen molar-refractivity contribution in [1.82, 2.24) is 15.2 Å². The van der Waals surface area contributed by atoms with Gasteiger partial charge in [-0.15, -0.1) is 0 Å². The summed E-state index contributed by atoms with van der Waals surface area (Å²) in [5, 5.41) is 3.06. The number of amides is 1. The zero-order chi connectivity index (χ0) is 17.8. The average Bonchev–Trinajstić information content (AvgIpc) is 3.16. The van der Waals surface area contributed by atoms with E-state index >= 15 is 0 Å². The smallest absolute Gasteiger partial charge is 0.251 e. The molecule has 0 unspecified atom stereocenters. The first-order chi connectivity index (χ1) is 12.8. The third-order valence-electron chi connectivity index (χ3n) is 5.05. The Morgan fingerprint density at radius 3 is 2.69 bits per heavy atom. The number of ether oxygens (including phenoxy) is 2. The first-order valence-electron chi connectivity index (χ1n) is 9.07. The summed E-state index contributed by atoms with van der Waals surface area (Å²) in [5.74, 6) is 1.81. The van der Waals surface area contributed by atoms with Gasteiger partial charge in [-0.05, 0) is 67.7 Å². The fourth-order valence-corrected chi connectivity index (χ4v) is 3.47. The summed E-state index contributed by atoms with van der Waals surface area (Å²) < 4.78 is 10.6. The summed E-state index contributed by atoms with van der Waals surface area (Å²) in [5.41, 5.74) is 1.92. The van der Waals surface area contributed by atoms with E-state index in [1.807, 2.05) is 12.4 Å². The largest absolute Gasteiger partial charge is 0.454 e. The van der Waals surface area contributed by atoms with Gasteiger partial charge in [0.15, 0.2) is 11.5 Å². The van der Waals surface area contributed by atoms with Gasteiger partial charge in [0.2, 0.25) is 6.79 Å². The average molecular weight is 353 g/mol. The van der Waals surface area contributed by atoms with Gasteiger partial charge in [0, 0.05) is 31.0 Å². The molecule has 2 aliphatic rings. The highest BCUT2D eigenvalue weighted by molar-refractivity contribution is 5.94. The van der Waals surface area contributed by atoms with Crippen LogP contribution in [0.4, 0.5) is 0 Å². The minimum absolute atomic E-state index is 0.0532. The Labute approximate surface area is 153 Å². The van der Waals surface area contributed by atoms with E-state index < -0.39 is 0 Å². The van der Waals surface area contributed by atoms with Gasteiger partial charge in [-0.2, -0.15) is 0 Å². The number of piperidine rings is 1. The van der Waals surface area contributed by atoms with Gasteiger partial charge in [-0.25, -0.2) is 0 Å². The number of nitrogens with zero attached hydrogens (tertiary/aromatic N) is 2. The van der Waals surface area contributed by atoms with Gasteiger partial charge in [0.05, 0.1) is 0 Å². The molecule has 1 aromatic heterocycles. The Kier molecular flexibility index (Phi) is 5.02. The number of fused-ring (bicyclic) bond motifs is 1. The molecule has 3 heterocycles. The molecule has 4 rings (SSSR count). The third kappa shape index (κ3) is 3.96. The fourth-order valence-electron chi connectivity index (χ4n) is 3.47. The summed E-state index contributed by atoms with van der Waals surface area (Å²) in [7, 11) is 0. The van der Waals surface area contributed by atoms with Gasteiger partial charge in [0.1, 0.15) is 0 Å². The number of pyridine rings is 1. The predicted octanol–water partition coefficient (Wildman–Crippen LogP) is 2.45. The maximum Gasteiger partial charge on any atom is 0.251 e. The molecule has 1 amide bonds. The molecule has 1 aromatic carbocycles. The Morgan fingerprint density at radius 1 is 1.12 bits per heavy atom. The van der Waals surface area contributed by atoms with Crippen molar-refractivity contribution in [3.05, 3.63) is 53.9 Å². The molecule has 1 fully saturated rings. The number of benzene rings is 1. The van der Waals surface area contributed by atoms with Crippen LogP contribution in [-0.4, -0.2) is 42.2 Å². The van der Waals surface area contributed by atoms with E-state index in [1.54, 1.807) is 18.2 Å². The van der Waals surface area contributed by atoms with E-state index in [0.29, 0.717) is 23.0 Å². The first kappa shape index (κ1) is 16.8. The number of carbonyl (C=O) groups excluding carboxylic acids is 1. The van der Waals surface area contributed by atoms with Crippen molar-refractivity contribution in [2.75, 3.05) is 26.4 Å². The fraction of sp³-hybridized carbons (Fsp3) is 0.400. The van der Waals surface area contributed by atoms with Crippen LogP contribution in [0, 0.1) is 5.92 Å². The van der Waals surface area contributed by atoms with Crippen LogP contribution in [0.15, 0.2) is 42.7 Å². The van der Waals surface area contributed by atoms with Crippen LogP contribution < -0.4 is 14.8 Å². The highest BCUT2D eigenvalue weighted by atomic mass is 16.7. The molecule has 1 saturated heterocycles. The molecule has 0 bridgehead atoms. The normalized spacial score (nSPS) is 17.2. The van der Waals surface area contributed by atoms with Crippen LogP contribution in [-0.2, 0) is 6.54 Å². The minimum atomic E-state index is -0.0532. The van der Waals surface area contributed by atoms with E-state index in [-0.39, 0.29) is 12.7 Å². The molecule has 0 spiro atoms. The van der Waals surface area contributed by atoms with E-state index in [1.165, 1.54) is 5.56 Å². The van der Waals surface area contributed by atoms with Gasteiger partial charge < -0.3 is 14.8 Å². The lowest BCUT2D eigenvalue weighted by Gasteiger charge is -2.32. The molecule has 136 valence electrons. The lowest BCUT2D eigenvalue weighted by molar-refractivity contribution is 0.0934. The van der Waals surface area contributed by atoms with Crippen LogP contribution in [0.25, 0.3) is 0 Å². The Morgan fingerprint density at radius 2 is 1.88 bits per heavy atom. The van der Waals surface area contributed by atoms with Crippen LogP contribution >= 0.6 is 0 Å². The van der Waals surface area contributed by atoms with Crippen LogP contribution in [0.2, 0.25) is 0 Å². The molecule has 6 nitrogen and oxygen atoms in total. The predicted molar refractivity (Wildman–Crippen MR) is 97.1 cm³/mol. The summed E-state index contributed by atoms with van der Waals surface area (Å²) in [6, 6.07) is 9.44. The summed E-state index contributed by atoms with van der Waals surface area (Å²) in [4.78, 5) is 18.9. The maximum absolute atomic E-state index is 12.4. The molecule has 2 aromatic rings. The Bertz CT molecular complexity index is 758. The number of hydrogen-bond donors (Lipinski definition) is 1. The number of hydrogen-bond acceptors (Lipinski definition) is 5. The lowest BCUT2D eigenvalue weighted by atomic mass is 9.96. The van der Waals surface area contributed by atoms with Crippen LogP contribution in [0.5, 0.6) is 11.5 Å². The standard InChI is InChI=1S/C20H23N3O3/c24-20(17-1-2-18-19(11-17)26-14-25-18)22-12-15-5-9-23(10-6-15)13-16-3-7-21-8-4-16/h1-4,7-8,11,15H,5-6,9-10,12-14H2,(H,22,24). The zero-order valence-electron chi connectivity index (χ0n) is 14.7. The molecule has 2 aliphatic heterocycles. The highest BCUT2D eigenvalue weighted by Gasteiger charge is 2.21. The molecular formula is C20H23N3O3. The number of nitrogens with one attached hydrogen (secondary N) is 1. The topological polar surface area (TPSA) is 63.7 Å². The van der Waals surface area contributed by atoms with E-state index in [9.17, 15) is 4.79 Å². The molecular weight excluding hydrogens is 330 g/mol. The van der Waals surface area contributed by atoms with Gasteiger partial charge in [-0.1, -0.05) is 0 Å². The van der Waals surface area contributed by atoms with Gasteiger partial charge in [0.25, 0.3) is 5.91 Å². The van der Waals surface area contributed by atoms with Crippen LogP contribution in [0.3, 0.4) is 0 Å². The molecule has 1 N–H and O–H groups in total. The van der Waals surface area contributed by atoms with Crippen molar-refractivity contribution in [3.63, 3.8) is 0 Å². The molecule has 0 saturated carbocycles. The molecule has 6 heteroatoms. The second-order valence-electron chi connectivity index (χ2n) is 6.85. The Balaban J connectivity index is 1.23. The SMILES string of the molecule is O=C(NCC1CCN(Cc2ccncc2)CC1)c1ccc2c(c1)OCO2. The third-order valence-corrected chi connectivity index (χ3v) is 5.05. The molecule has 26 heavy (non-hydrogen) atoms. The van der Waals surface area contributed by atoms with E-state index in [4.69, 9.17) is 9.47 Å². The number of rotatable bonds is 5. The summed E-state index contributed by atoms with van der Waals surface area (Å²) >= 11 is 0. The van der Waals surface area contributed by atoms with E-state index in [2.05, 4.69) is 27.3 Å². The number of likely N-dealkylation sites (tertiary alicyclic amines) is 1. The molecule has 0 aliphatic carbocycles. The van der Waals surface area contributed by atoms with Crippen molar-refractivity contribution < 1.29 is 14.3 Å². The Hall–Kier alpha value is -2.60. The maximum atomic E-state index is 12.4. The summed E-state index contributed by atoms with van der Waals surface area (Å²) in [6.07, 6.45) is 5.89. The van der Waals surface area contributed by atoms with Crippen molar-refractivity contribution in [3.8, 4) is 11.5 Å². The zero-order valence-corrected chi connectivity index (χ0v) is 14.7. The minimum Gasteiger partial charge on any atom is -0.454 e. The van der Waals surface area contributed by atoms with Crippen LogP contribution in [0.1, 0.15) is 28.8 Å². The quantitative estimate of drug-likeness (QED) is 0.895. The van der Waals surface area contributed by atoms with Gasteiger partial charge >= 0.3 is 0 Å². The lowest BCUT2D eigenvalue weighted by Crippen LogP contribution is -2.38. The number of aromatic nitrogens is 1. The van der Waals surface area contributed by atoms with E-state index in [0.717, 1.165) is 39.0 Å². The summed E-state index contributed by atoms with van der Waals surface area (Å²) in [6.45, 7) is 4.04.